The van der Waals surface area contributed by atoms with Crippen molar-refractivity contribution in [3.8, 4) is 0 Å². The van der Waals surface area contributed by atoms with E-state index in [4.69, 9.17) is 9.26 Å². The predicted octanol–water partition coefficient (Wildman–Crippen LogP) is 4.28. The van der Waals surface area contributed by atoms with E-state index in [9.17, 15) is 14.0 Å². The van der Waals surface area contributed by atoms with Gasteiger partial charge in [0, 0.05) is 18.2 Å². The second-order valence-electron chi connectivity index (χ2n) is 9.66. The van der Waals surface area contributed by atoms with E-state index < -0.39 is 5.97 Å². The molecule has 4 fully saturated rings. The maximum atomic E-state index is 13.4. The zero-order valence-electron chi connectivity index (χ0n) is 17.7. The molecule has 4 aliphatic carbocycles. The number of aryl methyl sites for hydroxylation is 1. The number of carbonyl (C=O) groups excluding carboxylic acids is 2. The lowest BCUT2D eigenvalue weighted by atomic mass is 9.52. The monoisotopic (exact) mass is 426 g/mol. The van der Waals surface area contributed by atoms with Crippen LogP contribution in [0.25, 0.3) is 0 Å². The molecule has 0 saturated heterocycles. The molecule has 6 nitrogen and oxygen atoms in total. The highest BCUT2D eigenvalue weighted by Gasteiger charge is 2.54. The molecule has 7 heteroatoms. The number of nitrogens with zero attached hydrogens (tertiary/aromatic N) is 2. The van der Waals surface area contributed by atoms with Gasteiger partial charge in [-0.3, -0.25) is 4.79 Å². The Morgan fingerprint density at radius 3 is 2.29 bits per heavy atom. The van der Waals surface area contributed by atoms with Crippen LogP contribution in [-0.4, -0.2) is 34.1 Å². The van der Waals surface area contributed by atoms with E-state index in [1.807, 2.05) is 4.90 Å². The van der Waals surface area contributed by atoms with Crippen LogP contribution in [0.5, 0.6) is 0 Å². The van der Waals surface area contributed by atoms with E-state index in [1.54, 1.807) is 19.1 Å². The number of halogens is 1. The van der Waals surface area contributed by atoms with Crippen molar-refractivity contribution < 1.29 is 23.2 Å². The summed E-state index contributed by atoms with van der Waals surface area (Å²) >= 11 is 0. The number of amides is 1. The zero-order chi connectivity index (χ0) is 21.6. The number of carbonyl (C=O) groups is 2. The Morgan fingerprint density at radius 2 is 1.74 bits per heavy atom. The van der Waals surface area contributed by atoms with Gasteiger partial charge in [-0.2, -0.15) is 0 Å². The molecule has 164 valence electrons. The summed E-state index contributed by atoms with van der Waals surface area (Å²) in [4.78, 5) is 27.6. The fourth-order valence-electron chi connectivity index (χ4n) is 6.42. The van der Waals surface area contributed by atoms with Gasteiger partial charge in [-0.05, 0) is 80.9 Å². The molecular formula is C24H27FN2O4. The lowest BCUT2D eigenvalue weighted by Crippen LogP contribution is -2.61. The van der Waals surface area contributed by atoms with E-state index in [2.05, 4.69) is 5.16 Å². The van der Waals surface area contributed by atoms with Gasteiger partial charge in [-0.1, -0.05) is 17.3 Å². The second-order valence-corrected chi connectivity index (χ2v) is 9.66. The number of hydrogen-bond donors (Lipinski definition) is 0. The first-order chi connectivity index (χ1) is 14.9. The first kappa shape index (κ1) is 20.2. The molecule has 2 aromatic rings. The largest absolute Gasteiger partial charge is 0.450 e. The number of rotatable bonds is 6. The van der Waals surface area contributed by atoms with E-state index in [0.29, 0.717) is 30.0 Å². The van der Waals surface area contributed by atoms with Gasteiger partial charge in [0.2, 0.25) is 5.76 Å². The highest BCUT2D eigenvalue weighted by atomic mass is 19.1. The number of esters is 1. The van der Waals surface area contributed by atoms with Gasteiger partial charge in [0.25, 0.3) is 5.91 Å². The first-order valence-electron chi connectivity index (χ1n) is 11.1. The fourth-order valence-corrected chi connectivity index (χ4v) is 6.42. The van der Waals surface area contributed by atoms with Gasteiger partial charge in [-0.25, -0.2) is 9.18 Å². The van der Waals surface area contributed by atoms with Crippen molar-refractivity contribution >= 4 is 11.9 Å². The third-order valence-corrected chi connectivity index (χ3v) is 7.29. The molecule has 0 aliphatic heterocycles. The fraction of sp³-hybridized carbons (Fsp3) is 0.542. The molecule has 0 unspecified atom stereocenters. The maximum absolute atomic E-state index is 13.4. The molecule has 6 rings (SSSR count). The molecule has 4 bridgehead atoms. The summed E-state index contributed by atoms with van der Waals surface area (Å²) in [5.74, 6) is 0.772. The SMILES string of the molecule is Cc1cc(C(=O)OCC(=O)N(Cc2ccc(F)cc2)C23CC4CC(CC(C4)C2)C3)on1. The smallest absolute Gasteiger partial charge is 0.377 e. The quantitative estimate of drug-likeness (QED) is 0.645. The van der Waals surface area contributed by atoms with Crippen molar-refractivity contribution in [2.45, 2.75) is 57.5 Å². The molecule has 1 amide bonds. The molecule has 4 saturated carbocycles. The van der Waals surface area contributed by atoms with Gasteiger partial charge in [0.1, 0.15) is 5.82 Å². The standard InChI is InChI=1S/C24H27FN2O4/c1-15-6-21(31-26-15)23(29)30-14-22(28)27(13-16-2-4-20(25)5-3-16)24-10-17-7-18(11-24)9-19(8-17)12-24/h2-6,17-19H,7-14H2,1H3. The van der Waals surface area contributed by atoms with Crippen LogP contribution in [0, 0.1) is 30.5 Å². The molecule has 0 N–H and O–H groups in total. The summed E-state index contributed by atoms with van der Waals surface area (Å²) in [5.41, 5.74) is 1.25. The molecule has 4 aliphatic rings. The molecule has 1 heterocycles. The first-order valence-corrected chi connectivity index (χ1v) is 11.1. The normalized spacial score (nSPS) is 28.5. The Bertz CT molecular complexity index is 948. The van der Waals surface area contributed by atoms with E-state index in [0.717, 1.165) is 24.8 Å². The topological polar surface area (TPSA) is 72.6 Å². The third-order valence-electron chi connectivity index (χ3n) is 7.29. The predicted molar refractivity (Wildman–Crippen MR) is 109 cm³/mol. The second kappa shape index (κ2) is 7.77. The Balaban J connectivity index is 1.36. The van der Waals surface area contributed by atoms with E-state index in [1.165, 1.54) is 37.5 Å². The summed E-state index contributed by atoms with van der Waals surface area (Å²) in [5, 5.41) is 3.69. The molecule has 0 spiro atoms. The lowest BCUT2D eigenvalue weighted by molar-refractivity contribution is -0.155. The summed E-state index contributed by atoms with van der Waals surface area (Å²) in [6, 6.07) is 7.77. The van der Waals surface area contributed by atoms with Crippen molar-refractivity contribution in [1.82, 2.24) is 10.1 Å². The van der Waals surface area contributed by atoms with Gasteiger partial charge < -0.3 is 14.2 Å². The van der Waals surface area contributed by atoms with Crippen molar-refractivity contribution in [2.75, 3.05) is 6.61 Å². The Labute approximate surface area is 180 Å². The number of hydrogen-bond acceptors (Lipinski definition) is 5. The van der Waals surface area contributed by atoms with Crippen LogP contribution in [0.3, 0.4) is 0 Å². The Kier molecular flexibility index (Phi) is 5.07. The summed E-state index contributed by atoms with van der Waals surface area (Å²) in [6.45, 7) is 1.76. The lowest BCUT2D eigenvalue weighted by Gasteiger charge is -2.60. The van der Waals surface area contributed by atoms with Crippen LogP contribution in [0.15, 0.2) is 34.9 Å². The van der Waals surface area contributed by atoms with Gasteiger partial charge in [-0.15, -0.1) is 0 Å². The average molecular weight is 426 g/mol. The van der Waals surface area contributed by atoms with Gasteiger partial charge in [0.15, 0.2) is 6.61 Å². The summed E-state index contributed by atoms with van der Waals surface area (Å²) in [7, 11) is 0. The van der Waals surface area contributed by atoms with Crippen LogP contribution in [0.4, 0.5) is 4.39 Å². The molecule has 0 atom stereocenters. The summed E-state index contributed by atoms with van der Waals surface area (Å²) < 4.78 is 23.6. The molecule has 1 aromatic heterocycles. The Hall–Kier alpha value is -2.70. The maximum Gasteiger partial charge on any atom is 0.377 e. The minimum absolute atomic E-state index is 0.00908. The van der Waals surface area contributed by atoms with Gasteiger partial charge in [0.05, 0.1) is 5.69 Å². The van der Waals surface area contributed by atoms with Crippen LogP contribution < -0.4 is 0 Å². The number of benzene rings is 1. The number of aromatic nitrogens is 1. The van der Waals surface area contributed by atoms with Gasteiger partial charge >= 0.3 is 5.97 Å². The average Bonchev–Trinajstić information content (AvgIpc) is 3.16. The van der Waals surface area contributed by atoms with E-state index in [-0.39, 0.29) is 29.6 Å². The molecular weight excluding hydrogens is 399 g/mol. The minimum Gasteiger partial charge on any atom is -0.450 e. The highest BCUT2D eigenvalue weighted by molar-refractivity contribution is 5.89. The Morgan fingerprint density at radius 1 is 1.13 bits per heavy atom. The summed E-state index contributed by atoms with van der Waals surface area (Å²) in [6.07, 6.45) is 6.79. The van der Waals surface area contributed by atoms with Crippen LogP contribution >= 0.6 is 0 Å². The minimum atomic E-state index is -0.693. The van der Waals surface area contributed by atoms with Crippen molar-refractivity contribution in [3.63, 3.8) is 0 Å². The van der Waals surface area contributed by atoms with Crippen LogP contribution in [-0.2, 0) is 16.1 Å². The molecule has 31 heavy (non-hydrogen) atoms. The highest BCUT2D eigenvalue weighted by Crippen LogP contribution is 2.58. The van der Waals surface area contributed by atoms with Crippen LogP contribution in [0.1, 0.15) is 60.3 Å². The van der Waals surface area contributed by atoms with E-state index >= 15 is 0 Å². The zero-order valence-corrected chi connectivity index (χ0v) is 17.7. The molecule has 1 aromatic carbocycles. The molecule has 0 radical (unpaired) electrons. The van der Waals surface area contributed by atoms with Crippen molar-refractivity contribution in [2.24, 2.45) is 17.8 Å². The number of ether oxygens (including phenoxy) is 1. The third kappa shape index (κ3) is 3.98. The van der Waals surface area contributed by atoms with Crippen molar-refractivity contribution in [1.29, 1.82) is 0 Å². The van der Waals surface area contributed by atoms with Crippen molar-refractivity contribution in [3.05, 3.63) is 53.2 Å². The van der Waals surface area contributed by atoms with Crippen LogP contribution in [0.2, 0.25) is 0 Å².